The molecule has 0 spiro atoms. The fourth-order valence-corrected chi connectivity index (χ4v) is 3.66. The molecule has 2 aromatic carbocycles. The molecule has 0 radical (unpaired) electrons. The van der Waals surface area contributed by atoms with Crippen LogP contribution in [0.3, 0.4) is 0 Å². The Kier molecular flexibility index (Phi) is 5.22. The fourth-order valence-electron chi connectivity index (χ4n) is 3.66. The zero-order valence-electron chi connectivity index (χ0n) is 14.9. The number of hydrogen-bond acceptors (Lipinski definition) is 4. The third-order valence-electron chi connectivity index (χ3n) is 5.30. The third kappa shape index (κ3) is 3.28. The van der Waals surface area contributed by atoms with Crippen LogP contribution in [0.15, 0.2) is 36.4 Å². The van der Waals surface area contributed by atoms with Crippen LogP contribution in [0.25, 0.3) is 10.8 Å². The number of ether oxygens (including phenoxy) is 1. The second kappa shape index (κ2) is 7.57. The maximum Gasteiger partial charge on any atom is 0.261 e. The number of rotatable bonds is 5. The molecule has 26 heavy (non-hydrogen) atoms. The largest absolute Gasteiger partial charge is 0.483 e. The standard InChI is InChI=1S/C21H22N2O3/c1-23(21(15-22)11-5-2-6-12-21)20(25)14-26-19-10-9-16-7-3-4-8-17(16)18(19)13-24/h3-4,7-10,13H,2,5-6,11-12,14H2,1H3. The Labute approximate surface area is 153 Å². The van der Waals surface area contributed by atoms with Crippen molar-refractivity contribution in [1.29, 1.82) is 5.26 Å². The molecular formula is C21H22N2O3. The van der Waals surface area contributed by atoms with Crippen molar-refractivity contribution in [2.75, 3.05) is 13.7 Å². The maximum absolute atomic E-state index is 12.6. The van der Waals surface area contributed by atoms with Gasteiger partial charge in [-0.05, 0) is 29.7 Å². The van der Waals surface area contributed by atoms with Crippen LogP contribution in [-0.2, 0) is 4.79 Å². The van der Waals surface area contributed by atoms with E-state index in [4.69, 9.17) is 4.74 Å². The molecule has 0 N–H and O–H groups in total. The quantitative estimate of drug-likeness (QED) is 0.771. The Bertz CT molecular complexity index is 863. The Morgan fingerprint density at radius 1 is 1.23 bits per heavy atom. The van der Waals surface area contributed by atoms with Gasteiger partial charge in [-0.15, -0.1) is 0 Å². The molecule has 0 aromatic heterocycles. The smallest absolute Gasteiger partial charge is 0.261 e. The zero-order chi connectivity index (χ0) is 18.6. The first-order valence-electron chi connectivity index (χ1n) is 8.89. The molecular weight excluding hydrogens is 328 g/mol. The second-order valence-corrected chi connectivity index (χ2v) is 6.76. The van der Waals surface area contributed by atoms with Crippen LogP contribution < -0.4 is 4.74 Å². The van der Waals surface area contributed by atoms with Gasteiger partial charge in [-0.3, -0.25) is 9.59 Å². The lowest BCUT2D eigenvalue weighted by molar-refractivity contribution is -0.137. The molecule has 1 saturated carbocycles. The summed E-state index contributed by atoms with van der Waals surface area (Å²) in [6, 6.07) is 13.4. The average molecular weight is 350 g/mol. The Balaban J connectivity index is 1.76. The van der Waals surface area contributed by atoms with Crippen molar-refractivity contribution in [3.63, 3.8) is 0 Å². The summed E-state index contributed by atoms with van der Waals surface area (Å²) in [4.78, 5) is 25.7. The van der Waals surface area contributed by atoms with E-state index in [1.165, 1.54) is 4.90 Å². The average Bonchev–Trinajstić information content (AvgIpc) is 2.71. The summed E-state index contributed by atoms with van der Waals surface area (Å²) >= 11 is 0. The molecule has 134 valence electrons. The van der Waals surface area contributed by atoms with Crippen molar-refractivity contribution in [2.24, 2.45) is 0 Å². The van der Waals surface area contributed by atoms with Crippen molar-refractivity contribution in [3.05, 3.63) is 42.0 Å². The molecule has 1 amide bonds. The summed E-state index contributed by atoms with van der Waals surface area (Å²) in [5, 5.41) is 11.3. The third-order valence-corrected chi connectivity index (χ3v) is 5.30. The number of nitrogens with zero attached hydrogens (tertiary/aromatic N) is 2. The first kappa shape index (κ1) is 17.9. The van der Waals surface area contributed by atoms with Gasteiger partial charge in [0.2, 0.25) is 0 Å². The summed E-state index contributed by atoms with van der Waals surface area (Å²) < 4.78 is 5.67. The molecule has 5 heteroatoms. The number of amides is 1. The predicted octanol–water partition coefficient (Wildman–Crippen LogP) is 3.72. The minimum Gasteiger partial charge on any atom is -0.483 e. The van der Waals surface area contributed by atoms with Crippen molar-refractivity contribution < 1.29 is 14.3 Å². The van der Waals surface area contributed by atoms with Gasteiger partial charge in [0.1, 0.15) is 11.3 Å². The zero-order valence-corrected chi connectivity index (χ0v) is 14.9. The molecule has 1 aliphatic rings. The van der Waals surface area contributed by atoms with Gasteiger partial charge < -0.3 is 9.64 Å². The number of benzene rings is 2. The number of carbonyl (C=O) groups is 2. The minimum atomic E-state index is -0.741. The summed E-state index contributed by atoms with van der Waals surface area (Å²) in [6.45, 7) is -0.195. The molecule has 3 rings (SSSR count). The summed E-state index contributed by atoms with van der Waals surface area (Å²) in [7, 11) is 1.67. The van der Waals surface area contributed by atoms with Crippen molar-refractivity contribution in [2.45, 2.75) is 37.6 Å². The van der Waals surface area contributed by atoms with Crippen LogP contribution in [0.5, 0.6) is 5.75 Å². The van der Waals surface area contributed by atoms with Gasteiger partial charge in [0, 0.05) is 7.05 Å². The van der Waals surface area contributed by atoms with E-state index >= 15 is 0 Å². The highest BCUT2D eigenvalue weighted by Crippen LogP contribution is 2.33. The van der Waals surface area contributed by atoms with E-state index in [2.05, 4.69) is 6.07 Å². The van der Waals surface area contributed by atoms with Gasteiger partial charge in [0.05, 0.1) is 11.6 Å². The molecule has 0 heterocycles. The van der Waals surface area contributed by atoms with Crippen LogP contribution in [0.1, 0.15) is 42.5 Å². The second-order valence-electron chi connectivity index (χ2n) is 6.76. The minimum absolute atomic E-state index is 0.195. The first-order valence-corrected chi connectivity index (χ1v) is 8.89. The van der Waals surface area contributed by atoms with E-state index in [-0.39, 0.29) is 12.5 Å². The first-order chi connectivity index (χ1) is 12.6. The maximum atomic E-state index is 12.6. The molecule has 1 fully saturated rings. The van der Waals surface area contributed by atoms with Gasteiger partial charge in [-0.1, -0.05) is 49.6 Å². The summed E-state index contributed by atoms with van der Waals surface area (Å²) in [5.74, 6) is 0.133. The lowest BCUT2D eigenvalue weighted by atomic mass is 9.81. The monoisotopic (exact) mass is 350 g/mol. The molecule has 0 unspecified atom stereocenters. The van der Waals surface area contributed by atoms with Crippen molar-refractivity contribution in [1.82, 2.24) is 4.90 Å². The lowest BCUT2D eigenvalue weighted by Crippen LogP contribution is -2.51. The van der Waals surface area contributed by atoms with Gasteiger partial charge in [-0.25, -0.2) is 0 Å². The highest BCUT2D eigenvalue weighted by Gasteiger charge is 2.38. The molecule has 0 aliphatic heterocycles. The molecule has 0 saturated heterocycles. The highest BCUT2D eigenvalue weighted by atomic mass is 16.5. The van der Waals surface area contributed by atoms with Gasteiger partial charge in [0.25, 0.3) is 5.91 Å². The Hall–Kier alpha value is -2.87. The number of aldehydes is 1. The predicted molar refractivity (Wildman–Crippen MR) is 99.0 cm³/mol. The lowest BCUT2D eigenvalue weighted by Gasteiger charge is -2.38. The van der Waals surface area contributed by atoms with Gasteiger partial charge in [-0.2, -0.15) is 5.26 Å². The molecule has 2 aromatic rings. The van der Waals surface area contributed by atoms with Crippen molar-refractivity contribution >= 4 is 23.0 Å². The van der Waals surface area contributed by atoms with Crippen LogP contribution in [0, 0.1) is 11.3 Å². The number of fused-ring (bicyclic) bond motifs is 1. The van der Waals surface area contributed by atoms with Gasteiger partial charge >= 0.3 is 0 Å². The summed E-state index contributed by atoms with van der Waals surface area (Å²) in [5.41, 5.74) is -0.304. The van der Waals surface area contributed by atoms with E-state index < -0.39 is 5.54 Å². The normalized spacial score (nSPS) is 15.8. The Morgan fingerprint density at radius 3 is 2.65 bits per heavy atom. The van der Waals surface area contributed by atoms with E-state index in [1.54, 1.807) is 13.1 Å². The molecule has 1 aliphatic carbocycles. The number of carbonyl (C=O) groups excluding carboxylic acids is 2. The van der Waals surface area contributed by atoms with E-state index in [9.17, 15) is 14.9 Å². The summed E-state index contributed by atoms with van der Waals surface area (Å²) in [6.07, 6.45) is 5.14. The van der Waals surface area contributed by atoms with E-state index in [0.717, 1.165) is 36.3 Å². The van der Waals surface area contributed by atoms with Crippen LogP contribution >= 0.6 is 0 Å². The van der Waals surface area contributed by atoms with Crippen LogP contribution in [0.4, 0.5) is 0 Å². The number of hydrogen-bond donors (Lipinski definition) is 0. The van der Waals surface area contributed by atoms with Gasteiger partial charge in [0.15, 0.2) is 12.9 Å². The van der Waals surface area contributed by atoms with Crippen molar-refractivity contribution in [3.8, 4) is 11.8 Å². The number of likely N-dealkylation sites (N-methyl/N-ethyl adjacent to an activating group) is 1. The van der Waals surface area contributed by atoms with Crippen LogP contribution in [-0.4, -0.2) is 36.3 Å². The molecule has 0 bridgehead atoms. The number of nitriles is 1. The van der Waals surface area contributed by atoms with E-state index in [0.29, 0.717) is 24.2 Å². The van der Waals surface area contributed by atoms with Crippen LogP contribution in [0.2, 0.25) is 0 Å². The van der Waals surface area contributed by atoms with E-state index in [1.807, 2.05) is 30.3 Å². The Morgan fingerprint density at radius 2 is 1.96 bits per heavy atom. The molecule has 5 nitrogen and oxygen atoms in total. The molecule has 0 atom stereocenters. The fraction of sp³-hybridized carbons (Fsp3) is 0.381. The SMILES string of the molecule is CN(C(=O)COc1ccc2ccccc2c1C=O)C1(C#N)CCCCC1. The highest BCUT2D eigenvalue weighted by molar-refractivity contribution is 6.00. The topological polar surface area (TPSA) is 70.4 Å².